The first-order valence-electron chi connectivity index (χ1n) is 8.43. The summed E-state index contributed by atoms with van der Waals surface area (Å²) in [6.07, 6.45) is 11.6. The smallest absolute Gasteiger partial charge is 0.335 e. The first-order valence-corrected chi connectivity index (χ1v) is 8.43. The number of hydrogen-bond donors (Lipinski definition) is 1. The summed E-state index contributed by atoms with van der Waals surface area (Å²) < 4.78 is 1.86. The van der Waals surface area contributed by atoms with Gasteiger partial charge in [0.1, 0.15) is 5.57 Å². The van der Waals surface area contributed by atoms with Crippen LogP contribution < -0.4 is 10.2 Å². The summed E-state index contributed by atoms with van der Waals surface area (Å²) in [4.78, 5) is 42.3. The summed E-state index contributed by atoms with van der Waals surface area (Å²) in [5, 5.41) is 3.04. The van der Waals surface area contributed by atoms with E-state index in [1.54, 1.807) is 18.3 Å². The van der Waals surface area contributed by atoms with Gasteiger partial charge in [0.05, 0.1) is 18.4 Å². The molecule has 0 saturated carbocycles. The van der Waals surface area contributed by atoms with E-state index in [0.29, 0.717) is 12.1 Å². The maximum Gasteiger partial charge on any atom is 0.336 e. The fraction of sp³-hybridized carbons (Fsp3) is 0.0476. The quantitative estimate of drug-likeness (QED) is 0.436. The van der Waals surface area contributed by atoms with E-state index in [9.17, 15) is 14.4 Å². The minimum atomic E-state index is -0.810. The predicted molar refractivity (Wildman–Crippen MR) is 104 cm³/mol. The molecular formula is C21H14N4O3. The van der Waals surface area contributed by atoms with E-state index in [1.807, 2.05) is 28.8 Å². The Morgan fingerprint density at radius 1 is 1.14 bits per heavy atom. The summed E-state index contributed by atoms with van der Waals surface area (Å²) >= 11 is 0. The van der Waals surface area contributed by atoms with Crippen LogP contribution in [-0.4, -0.2) is 27.4 Å². The number of pyridine rings is 1. The number of hydrogen-bond acceptors (Lipinski definition) is 4. The molecule has 1 aliphatic heterocycles. The van der Waals surface area contributed by atoms with E-state index in [1.165, 1.54) is 18.5 Å². The second-order valence-electron chi connectivity index (χ2n) is 6.10. The van der Waals surface area contributed by atoms with Crippen LogP contribution in [0.3, 0.4) is 0 Å². The molecule has 0 bridgehead atoms. The topological polar surface area (TPSA) is 84.3 Å². The van der Waals surface area contributed by atoms with Crippen LogP contribution in [0, 0.1) is 12.3 Å². The Morgan fingerprint density at radius 2 is 1.96 bits per heavy atom. The lowest BCUT2D eigenvalue weighted by atomic mass is 10.1. The summed E-state index contributed by atoms with van der Waals surface area (Å²) in [5.41, 5.74) is 1.67. The molecule has 1 aliphatic rings. The van der Waals surface area contributed by atoms with Crippen molar-refractivity contribution in [3.8, 4) is 12.3 Å². The molecule has 0 radical (unpaired) electrons. The average molecular weight is 370 g/mol. The maximum atomic E-state index is 12.9. The number of anilines is 1. The van der Waals surface area contributed by atoms with E-state index >= 15 is 0 Å². The molecule has 1 aromatic carbocycles. The number of para-hydroxylation sites is 1. The monoisotopic (exact) mass is 370 g/mol. The fourth-order valence-corrected chi connectivity index (χ4v) is 3.15. The van der Waals surface area contributed by atoms with Gasteiger partial charge in [-0.2, -0.15) is 0 Å². The molecular weight excluding hydrogens is 356 g/mol. The van der Waals surface area contributed by atoms with Crippen molar-refractivity contribution in [3.05, 3.63) is 66.1 Å². The molecule has 7 nitrogen and oxygen atoms in total. The minimum Gasteiger partial charge on any atom is -0.335 e. The zero-order chi connectivity index (χ0) is 19.7. The first kappa shape index (κ1) is 17.2. The third-order valence-corrected chi connectivity index (χ3v) is 4.39. The largest absolute Gasteiger partial charge is 0.336 e. The van der Waals surface area contributed by atoms with Gasteiger partial charge in [-0.15, -0.1) is 6.42 Å². The minimum absolute atomic E-state index is 0.146. The number of amides is 4. The summed E-state index contributed by atoms with van der Waals surface area (Å²) in [6.45, 7) is 0.351. The van der Waals surface area contributed by atoms with Gasteiger partial charge in [-0.05, 0) is 24.3 Å². The Balaban J connectivity index is 1.82. The van der Waals surface area contributed by atoms with Crippen LogP contribution in [0.4, 0.5) is 10.5 Å². The van der Waals surface area contributed by atoms with Crippen molar-refractivity contribution in [3.63, 3.8) is 0 Å². The van der Waals surface area contributed by atoms with E-state index < -0.39 is 17.8 Å². The summed E-state index contributed by atoms with van der Waals surface area (Å²) in [7, 11) is 0. The molecule has 1 fully saturated rings. The molecule has 7 heteroatoms. The molecule has 0 aliphatic carbocycles. The number of barbiturate groups is 1. The SMILES string of the molecule is C#CCn1cc(/C=C2/C(=O)NC(=O)N(c3cccnc3)C2=O)c2ccccc21. The summed E-state index contributed by atoms with van der Waals surface area (Å²) in [5.74, 6) is 1.12. The van der Waals surface area contributed by atoms with Gasteiger partial charge in [-0.1, -0.05) is 24.1 Å². The highest BCUT2D eigenvalue weighted by Crippen LogP contribution is 2.26. The number of nitrogens with zero attached hydrogens (tertiary/aromatic N) is 3. The molecule has 4 amide bonds. The van der Waals surface area contributed by atoms with Gasteiger partial charge < -0.3 is 4.57 Å². The number of nitrogens with one attached hydrogen (secondary N) is 1. The van der Waals surface area contributed by atoms with Gasteiger partial charge in [-0.25, -0.2) is 9.69 Å². The Hall–Kier alpha value is -4.18. The number of terminal acetylenes is 1. The second kappa shape index (κ2) is 6.85. The molecule has 0 unspecified atom stereocenters. The van der Waals surface area contributed by atoms with Gasteiger partial charge in [0.2, 0.25) is 0 Å². The van der Waals surface area contributed by atoms with Crippen LogP contribution >= 0.6 is 0 Å². The Labute approximate surface area is 160 Å². The number of fused-ring (bicyclic) bond motifs is 1. The molecule has 136 valence electrons. The Kier molecular flexibility index (Phi) is 4.22. The normalized spacial score (nSPS) is 15.8. The molecule has 1 saturated heterocycles. The van der Waals surface area contributed by atoms with Gasteiger partial charge in [0.25, 0.3) is 11.8 Å². The van der Waals surface area contributed by atoms with E-state index in [-0.39, 0.29) is 11.3 Å². The van der Waals surface area contributed by atoms with Crippen molar-refractivity contribution in [1.29, 1.82) is 0 Å². The molecule has 3 aromatic rings. The van der Waals surface area contributed by atoms with E-state index in [2.05, 4.69) is 16.2 Å². The molecule has 0 atom stereocenters. The second-order valence-corrected chi connectivity index (χ2v) is 6.10. The summed E-state index contributed by atoms with van der Waals surface area (Å²) in [6, 6.07) is 9.88. The predicted octanol–water partition coefficient (Wildman–Crippen LogP) is 2.34. The van der Waals surface area contributed by atoms with Crippen molar-refractivity contribution >= 4 is 40.5 Å². The van der Waals surface area contributed by atoms with E-state index in [0.717, 1.165) is 15.8 Å². The highest BCUT2D eigenvalue weighted by atomic mass is 16.2. The fourth-order valence-electron chi connectivity index (χ4n) is 3.15. The third kappa shape index (κ3) is 2.83. The lowest BCUT2D eigenvalue weighted by molar-refractivity contribution is -0.122. The van der Waals surface area contributed by atoms with Gasteiger partial charge in [0.15, 0.2) is 0 Å². The number of carbonyl (C=O) groups is 3. The van der Waals surface area contributed by atoms with Crippen LogP contribution in [0.15, 0.2) is 60.6 Å². The van der Waals surface area contributed by atoms with Gasteiger partial charge in [-0.3, -0.25) is 19.9 Å². The molecule has 1 N–H and O–H groups in total. The first-order chi connectivity index (χ1) is 13.6. The number of rotatable bonds is 3. The number of benzene rings is 1. The van der Waals surface area contributed by atoms with Crippen molar-refractivity contribution in [1.82, 2.24) is 14.9 Å². The van der Waals surface area contributed by atoms with Crippen LogP contribution in [0.2, 0.25) is 0 Å². The average Bonchev–Trinajstić information content (AvgIpc) is 3.04. The third-order valence-electron chi connectivity index (χ3n) is 4.39. The van der Waals surface area contributed by atoms with Crippen molar-refractivity contribution in [2.45, 2.75) is 6.54 Å². The van der Waals surface area contributed by atoms with Gasteiger partial charge in [0, 0.05) is 28.9 Å². The molecule has 28 heavy (non-hydrogen) atoms. The van der Waals surface area contributed by atoms with Crippen LogP contribution in [-0.2, 0) is 16.1 Å². The number of urea groups is 1. The van der Waals surface area contributed by atoms with Crippen LogP contribution in [0.25, 0.3) is 17.0 Å². The van der Waals surface area contributed by atoms with Crippen molar-refractivity contribution in [2.75, 3.05) is 4.90 Å². The number of aromatic nitrogens is 2. The maximum absolute atomic E-state index is 12.9. The van der Waals surface area contributed by atoms with Gasteiger partial charge >= 0.3 is 6.03 Å². The molecule has 3 heterocycles. The highest BCUT2D eigenvalue weighted by molar-refractivity contribution is 6.39. The lowest BCUT2D eigenvalue weighted by Gasteiger charge is -2.25. The Bertz CT molecular complexity index is 1190. The lowest BCUT2D eigenvalue weighted by Crippen LogP contribution is -2.54. The highest BCUT2D eigenvalue weighted by Gasteiger charge is 2.37. The zero-order valence-electron chi connectivity index (χ0n) is 14.6. The number of carbonyl (C=O) groups excluding carboxylic acids is 3. The Morgan fingerprint density at radius 3 is 2.71 bits per heavy atom. The van der Waals surface area contributed by atoms with Crippen LogP contribution in [0.1, 0.15) is 5.56 Å². The van der Waals surface area contributed by atoms with Crippen molar-refractivity contribution in [2.24, 2.45) is 0 Å². The van der Waals surface area contributed by atoms with Crippen LogP contribution in [0.5, 0.6) is 0 Å². The number of imide groups is 2. The molecule has 0 spiro atoms. The molecule has 4 rings (SSSR count). The standard InChI is InChI=1S/C21H14N4O3/c1-2-10-24-13-14(16-7-3-4-8-18(16)24)11-17-19(26)23-21(28)25(20(17)27)15-6-5-9-22-12-15/h1,3-9,11-13H,10H2,(H,23,26,28)/b17-11-. The molecule has 2 aromatic heterocycles. The van der Waals surface area contributed by atoms with E-state index in [4.69, 9.17) is 6.42 Å². The van der Waals surface area contributed by atoms with Crippen molar-refractivity contribution < 1.29 is 14.4 Å². The zero-order valence-corrected chi connectivity index (χ0v) is 14.6.